The zero-order chi connectivity index (χ0) is 15.5. The van der Waals surface area contributed by atoms with Gasteiger partial charge in [-0.3, -0.25) is 9.78 Å². The molecule has 2 aromatic carbocycles. The molecular formula is C18H16N2O2. The number of carbonyl (C=O) groups excluding carboxylic acids is 1. The van der Waals surface area contributed by atoms with Crippen molar-refractivity contribution in [3.05, 3.63) is 65.9 Å². The third kappa shape index (κ3) is 2.76. The van der Waals surface area contributed by atoms with Crippen molar-refractivity contribution in [2.75, 3.05) is 12.4 Å². The molecule has 0 aliphatic rings. The lowest BCUT2D eigenvalue weighted by atomic mass is 10.1. The topological polar surface area (TPSA) is 51.2 Å². The Kier molecular flexibility index (Phi) is 3.74. The molecule has 0 unspecified atom stereocenters. The van der Waals surface area contributed by atoms with Crippen molar-refractivity contribution in [1.82, 2.24) is 4.98 Å². The minimum Gasteiger partial charge on any atom is -0.497 e. The van der Waals surface area contributed by atoms with E-state index in [-0.39, 0.29) is 5.91 Å². The van der Waals surface area contributed by atoms with Gasteiger partial charge in [0.15, 0.2) is 0 Å². The maximum atomic E-state index is 12.3. The number of fused-ring (bicyclic) bond motifs is 1. The molecule has 1 N–H and O–H groups in total. The molecule has 110 valence electrons. The van der Waals surface area contributed by atoms with Crippen LogP contribution in [0, 0.1) is 6.92 Å². The highest BCUT2D eigenvalue weighted by Crippen LogP contribution is 2.22. The Morgan fingerprint density at radius 1 is 1.14 bits per heavy atom. The minimum absolute atomic E-state index is 0.132. The smallest absolute Gasteiger partial charge is 0.255 e. The Bertz CT molecular complexity index is 843. The summed E-state index contributed by atoms with van der Waals surface area (Å²) in [5, 5.41) is 3.83. The van der Waals surface area contributed by atoms with Crippen LogP contribution in [0.3, 0.4) is 0 Å². The molecule has 4 heteroatoms. The molecular weight excluding hydrogens is 276 g/mol. The van der Waals surface area contributed by atoms with Gasteiger partial charge in [0.25, 0.3) is 5.91 Å². The first-order valence-corrected chi connectivity index (χ1v) is 6.98. The van der Waals surface area contributed by atoms with Gasteiger partial charge in [0.1, 0.15) is 5.75 Å². The van der Waals surface area contributed by atoms with Gasteiger partial charge in [-0.2, -0.15) is 0 Å². The van der Waals surface area contributed by atoms with E-state index in [1.807, 2.05) is 55.5 Å². The number of aromatic nitrogens is 1. The normalized spacial score (nSPS) is 10.5. The Labute approximate surface area is 128 Å². The van der Waals surface area contributed by atoms with Gasteiger partial charge in [-0.25, -0.2) is 0 Å². The molecule has 3 rings (SSSR count). The molecule has 1 heterocycles. The largest absolute Gasteiger partial charge is 0.497 e. The van der Waals surface area contributed by atoms with Crippen LogP contribution >= 0.6 is 0 Å². The maximum absolute atomic E-state index is 12.3. The fraction of sp³-hybridized carbons (Fsp3) is 0.111. The van der Waals surface area contributed by atoms with E-state index in [2.05, 4.69) is 10.3 Å². The van der Waals surface area contributed by atoms with E-state index in [1.54, 1.807) is 13.3 Å². The van der Waals surface area contributed by atoms with Gasteiger partial charge in [0.2, 0.25) is 0 Å². The number of hydrogen-bond acceptors (Lipinski definition) is 3. The predicted molar refractivity (Wildman–Crippen MR) is 87.4 cm³/mol. The summed E-state index contributed by atoms with van der Waals surface area (Å²) in [6.07, 6.45) is 1.65. The molecule has 0 saturated heterocycles. The summed E-state index contributed by atoms with van der Waals surface area (Å²) in [5.74, 6) is 0.629. The number of anilines is 1. The number of nitrogens with one attached hydrogen (secondary N) is 1. The molecule has 0 fully saturated rings. The van der Waals surface area contributed by atoms with Gasteiger partial charge in [-0.05, 0) is 36.8 Å². The van der Waals surface area contributed by atoms with Crippen molar-refractivity contribution >= 4 is 22.5 Å². The highest BCUT2D eigenvalue weighted by Gasteiger charge is 2.09. The zero-order valence-corrected chi connectivity index (χ0v) is 12.5. The molecule has 0 aliphatic carbocycles. The number of methoxy groups -OCH3 is 1. The Hall–Kier alpha value is -2.88. The van der Waals surface area contributed by atoms with Gasteiger partial charge < -0.3 is 10.1 Å². The number of ether oxygens (including phenoxy) is 1. The van der Waals surface area contributed by atoms with Crippen LogP contribution < -0.4 is 10.1 Å². The van der Waals surface area contributed by atoms with Gasteiger partial charge >= 0.3 is 0 Å². The van der Waals surface area contributed by atoms with E-state index in [1.165, 1.54) is 0 Å². The highest BCUT2D eigenvalue weighted by atomic mass is 16.5. The van der Waals surface area contributed by atoms with Gasteiger partial charge in [-0.1, -0.05) is 18.2 Å². The van der Waals surface area contributed by atoms with E-state index in [4.69, 9.17) is 4.74 Å². The summed E-state index contributed by atoms with van der Waals surface area (Å²) >= 11 is 0. The summed E-state index contributed by atoms with van der Waals surface area (Å²) in [7, 11) is 1.62. The van der Waals surface area contributed by atoms with Crippen molar-refractivity contribution in [2.45, 2.75) is 6.92 Å². The number of aryl methyl sites for hydroxylation is 1. The van der Waals surface area contributed by atoms with Crippen molar-refractivity contribution in [3.63, 3.8) is 0 Å². The average Bonchev–Trinajstić information content (AvgIpc) is 2.54. The summed E-state index contributed by atoms with van der Waals surface area (Å²) < 4.78 is 5.18. The number of benzene rings is 2. The maximum Gasteiger partial charge on any atom is 0.255 e. The SMILES string of the molecule is COc1ccc2cc(NC(=O)c3ccccc3C)cnc2c1. The lowest BCUT2D eigenvalue weighted by Crippen LogP contribution is -2.13. The van der Waals surface area contributed by atoms with Crippen LogP contribution in [0.5, 0.6) is 5.75 Å². The first kappa shape index (κ1) is 14.1. The van der Waals surface area contributed by atoms with E-state index < -0.39 is 0 Å². The fourth-order valence-electron chi connectivity index (χ4n) is 2.32. The average molecular weight is 292 g/mol. The van der Waals surface area contributed by atoms with Crippen LogP contribution in [-0.4, -0.2) is 18.0 Å². The summed E-state index contributed by atoms with van der Waals surface area (Å²) in [6, 6.07) is 15.1. The van der Waals surface area contributed by atoms with Gasteiger partial charge in [0, 0.05) is 17.0 Å². The molecule has 4 nitrogen and oxygen atoms in total. The second-order valence-electron chi connectivity index (χ2n) is 5.05. The summed E-state index contributed by atoms with van der Waals surface area (Å²) in [5.41, 5.74) is 3.11. The zero-order valence-electron chi connectivity index (χ0n) is 12.5. The van der Waals surface area contributed by atoms with Crippen molar-refractivity contribution in [3.8, 4) is 5.75 Å². The molecule has 1 amide bonds. The fourth-order valence-corrected chi connectivity index (χ4v) is 2.32. The Balaban J connectivity index is 1.88. The number of amides is 1. The van der Waals surface area contributed by atoms with Crippen LogP contribution in [0.2, 0.25) is 0 Å². The Morgan fingerprint density at radius 3 is 2.73 bits per heavy atom. The number of pyridine rings is 1. The van der Waals surface area contributed by atoms with Crippen LogP contribution in [0.25, 0.3) is 10.9 Å². The van der Waals surface area contributed by atoms with E-state index >= 15 is 0 Å². The Morgan fingerprint density at radius 2 is 1.95 bits per heavy atom. The number of hydrogen-bond donors (Lipinski definition) is 1. The van der Waals surface area contributed by atoms with Crippen LogP contribution in [0.1, 0.15) is 15.9 Å². The van der Waals surface area contributed by atoms with Crippen LogP contribution in [0.4, 0.5) is 5.69 Å². The van der Waals surface area contributed by atoms with Crippen molar-refractivity contribution in [2.24, 2.45) is 0 Å². The van der Waals surface area contributed by atoms with Gasteiger partial charge in [-0.15, -0.1) is 0 Å². The van der Waals surface area contributed by atoms with E-state index in [0.29, 0.717) is 11.3 Å². The second-order valence-corrected chi connectivity index (χ2v) is 5.05. The lowest BCUT2D eigenvalue weighted by Gasteiger charge is -2.08. The van der Waals surface area contributed by atoms with Gasteiger partial charge in [0.05, 0.1) is 24.5 Å². The van der Waals surface area contributed by atoms with Crippen molar-refractivity contribution in [1.29, 1.82) is 0 Å². The van der Waals surface area contributed by atoms with E-state index in [0.717, 1.165) is 22.2 Å². The standard InChI is InChI=1S/C18H16N2O2/c1-12-5-3-4-6-16(12)18(21)20-14-9-13-7-8-15(22-2)10-17(13)19-11-14/h3-11H,1-2H3,(H,20,21). The number of carbonyl (C=O) groups is 1. The monoisotopic (exact) mass is 292 g/mol. The third-order valence-electron chi connectivity index (χ3n) is 3.54. The molecule has 0 radical (unpaired) electrons. The number of nitrogens with zero attached hydrogens (tertiary/aromatic N) is 1. The molecule has 1 aromatic heterocycles. The summed E-state index contributed by atoms with van der Waals surface area (Å²) in [6.45, 7) is 1.92. The van der Waals surface area contributed by atoms with Crippen LogP contribution in [-0.2, 0) is 0 Å². The summed E-state index contributed by atoms with van der Waals surface area (Å²) in [4.78, 5) is 16.7. The van der Waals surface area contributed by atoms with Crippen molar-refractivity contribution < 1.29 is 9.53 Å². The first-order chi connectivity index (χ1) is 10.7. The molecule has 0 bridgehead atoms. The molecule has 0 atom stereocenters. The van der Waals surface area contributed by atoms with Crippen LogP contribution in [0.15, 0.2) is 54.7 Å². The first-order valence-electron chi connectivity index (χ1n) is 6.98. The number of rotatable bonds is 3. The molecule has 0 aliphatic heterocycles. The molecule has 0 spiro atoms. The highest BCUT2D eigenvalue weighted by molar-refractivity contribution is 6.05. The molecule has 3 aromatic rings. The molecule has 22 heavy (non-hydrogen) atoms. The molecule has 0 saturated carbocycles. The van der Waals surface area contributed by atoms with E-state index in [9.17, 15) is 4.79 Å². The lowest BCUT2D eigenvalue weighted by molar-refractivity contribution is 0.102. The minimum atomic E-state index is -0.132. The quantitative estimate of drug-likeness (QED) is 0.798. The predicted octanol–water partition coefficient (Wildman–Crippen LogP) is 3.80. The second kappa shape index (κ2) is 5.85. The third-order valence-corrected chi connectivity index (χ3v) is 3.54.